The Morgan fingerprint density at radius 2 is 1.76 bits per heavy atom. The number of ether oxygens (including phenoxy) is 3. The lowest BCUT2D eigenvalue weighted by atomic mass is 10.1. The molecule has 4 rings (SSSR count). The molecule has 4 aromatic rings. The van der Waals surface area contributed by atoms with Gasteiger partial charge in [0.2, 0.25) is 5.75 Å². The number of methoxy groups -OCH3 is 3. The summed E-state index contributed by atoms with van der Waals surface area (Å²) in [6, 6.07) is 13.7. The van der Waals surface area contributed by atoms with Gasteiger partial charge >= 0.3 is 0 Å². The molecule has 170 valence electrons. The van der Waals surface area contributed by atoms with Gasteiger partial charge in [0.05, 0.1) is 43.0 Å². The molecule has 0 aliphatic rings. The van der Waals surface area contributed by atoms with Gasteiger partial charge in [-0.25, -0.2) is 15.0 Å². The monoisotopic (exact) mass is 506 g/mol. The Morgan fingerprint density at radius 1 is 1.03 bits per heavy atom. The number of nitrogens with zero attached hydrogens (tertiary/aromatic N) is 4. The van der Waals surface area contributed by atoms with Crippen LogP contribution >= 0.6 is 34.9 Å². The third-order valence-corrected chi connectivity index (χ3v) is 7.49. The van der Waals surface area contributed by atoms with Crippen molar-refractivity contribution in [2.45, 2.75) is 14.5 Å². The average Bonchev–Trinajstić information content (AvgIpc) is 3.28. The highest BCUT2D eigenvalue weighted by molar-refractivity contribution is 8.01. The van der Waals surface area contributed by atoms with Crippen molar-refractivity contribution in [3.63, 3.8) is 0 Å². The van der Waals surface area contributed by atoms with E-state index in [4.69, 9.17) is 20.6 Å². The van der Waals surface area contributed by atoms with Crippen molar-refractivity contribution >= 4 is 45.1 Å². The van der Waals surface area contributed by atoms with Gasteiger partial charge in [-0.3, -0.25) is 0 Å². The van der Waals surface area contributed by atoms with Gasteiger partial charge in [-0.15, -0.1) is 17.8 Å². The molecule has 10 heteroatoms. The van der Waals surface area contributed by atoms with E-state index in [0.717, 1.165) is 14.6 Å². The molecule has 0 spiro atoms. The van der Waals surface area contributed by atoms with Crippen molar-refractivity contribution in [1.82, 2.24) is 15.0 Å². The van der Waals surface area contributed by atoms with E-state index in [9.17, 15) is 5.26 Å². The number of nitriles is 1. The highest BCUT2D eigenvalue weighted by atomic mass is 32.2. The number of hydrogen-bond acceptors (Lipinski definition) is 10. The van der Waals surface area contributed by atoms with Crippen molar-refractivity contribution in [2.24, 2.45) is 0 Å². The van der Waals surface area contributed by atoms with Crippen molar-refractivity contribution in [3.8, 4) is 46.9 Å². The maximum Gasteiger partial charge on any atom is 0.203 e. The normalized spacial score (nSPS) is 10.5. The molecule has 7 nitrogen and oxygen atoms in total. The molecule has 0 amide bonds. The van der Waals surface area contributed by atoms with E-state index in [1.807, 2.05) is 24.3 Å². The fraction of sp³-hybridized carbons (Fsp3) is 0.167. The number of thioether (sulfide) groups is 1. The van der Waals surface area contributed by atoms with E-state index in [1.54, 1.807) is 23.5 Å². The standard InChI is InChI=1S/C24H18N4O3S3/c1-5-10-32-23-27-20(14-11-17(29-2)21(31-4)18(12-14)30-3)15(13-25)22(28-23)34-24-26-16-8-6-7-9-19(16)33-24/h1,6-9,11-12H,10H2,2-4H3. The Hall–Kier alpha value is -3.44. The van der Waals surface area contributed by atoms with Crippen LogP contribution in [0.1, 0.15) is 5.56 Å². The van der Waals surface area contributed by atoms with Crippen LogP contribution in [0.2, 0.25) is 0 Å². The van der Waals surface area contributed by atoms with Gasteiger partial charge in [-0.1, -0.05) is 29.8 Å². The van der Waals surface area contributed by atoms with Crippen LogP contribution in [0.3, 0.4) is 0 Å². The molecule has 2 heterocycles. The Bertz CT molecular complexity index is 1380. The number of benzene rings is 2. The molecule has 0 aliphatic heterocycles. The van der Waals surface area contributed by atoms with Gasteiger partial charge in [-0.2, -0.15) is 5.26 Å². The van der Waals surface area contributed by atoms with Crippen molar-refractivity contribution < 1.29 is 14.2 Å². The van der Waals surface area contributed by atoms with Crippen LogP contribution in [0.5, 0.6) is 17.2 Å². The van der Waals surface area contributed by atoms with Crippen LogP contribution in [0.4, 0.5) is 0 Å². The summed E-state index contributed by atoms with van der Waals surface area (Å²) in [6.07, 6.45) is 5.45. The van der Waals surface area contributed by atoms with Crippen LogP contribution in [0, 0.1) is 23.7 Å². The SMILES string of the molecule is C#CCSc1nc(Sc2nc3ccccc3s2)c(C#N)c(-c2cc(OC)c(OC)c(OC)c2)n1. The summed E-state index contributed by atoms with van der Waals surface area (Å²) < 4.78 is 18.3. The Labute approximate surface area is 209 Å². The second-order valence-electron chi connectivity index (χ2n) is 6.60. The minimum Gasteiger partial charge on any atom is -0.493 e. The third-order valence-electron chi connectivity index (χ3n) is 4.65. The molecule has 0 atom stereocenters. The smallest absolute Gasteiger partial charge is 0.203 e. The third kappa shape index (κ3) is 4.75. The lowest BCUT2D eigenvalue weighted by Crippen LogP contribution is -2.01. The fourth-order valence-electron chi connectivity index (χ4n) is 3.17. The molecule has 0 unspecified atom stereocenters. The molecule has 0 fully saturated rings. The first kappa shape index (κ1) is 23.7. The molecular formula is C24H18N4O3S3. The Balaban J connectivity index is 1.88. The molecule has 0 radical (unpaired) electrons. The number of rotatable bonds is 8. The molecule has 0 saturated heterocycles. The Kier molecular flexibility index (Phi) is 7.43. The van der Waals surface area contributed by atoms with Gasteiger partial charge in [0.15, 0.2) is 21.0 Å². The number of thiazole rings is 1. The minimum atomic E-state index is 0.323. The van der Waals surface area contributed by atoms with Crippen molar-refractivity contribution in [1.29, 1.82) is 5.26 Å². The topological polar surface area (TPSA) is 90.2 Å². The predicted octanol–water partition coefficient (Wildman–Crippen LogP) is 5.53. The van der Waals surface area contributed by atoms with Crippen LogP contribution in [-0.2, 0) is 0 Å². The van der Waals surface area contributed by atoms with Gasteiger partial charge in [-0.05, 0) is 36.0 Å². The largest absolute Gasteiger partial charge is 0.493 e. The highest BCUT2D eigenvalue weighted by Gasteiger charge is 2.22. The number of fused-ring (bicyclic) bond motifs is 1. The van der Waals surface area contributed by atoms with Crippen LogP contribution in [-0.4, -0.2) is 42.0 Å². The number of para-hydroxylation sites is 1. The fourth-order valence-corrected chi connectivity index (χ4v) is 5.81. The van der Waals surface area contributed by atoms with Gasteiger partial charge in [0, 0.05) is 5.56 Å². The van der Waals surface area contributed by atoms with E-state index < -0.39 is 0 Å². The highest BCUT2D eigenvalue weighted by Crippen LogP contribution is 2.43. The maximum atomic E-state index is 10.1. The van der Waals surface area contributed by atoms with E-state index in [0.29, 0.717) is 50.0 Å². The van der Waals surface area contributed by atoms with Crippen LogP contribution < -0.4 is 14.2 Å². The summed E-state index contributed by atoms with van der Waals surface area (Å²) in [6.45, 7) is 0. The first-order valence-electron chi connectivity index (χ1n) is 9.84. The van der Waals surface area contributed by atoms with E-state index in [-0.39, 0.29) is 0 Å². The minimum absolute atomic E-state index is 0.323. The summed E-state index contributed by atoms with van der Waals surface area (Å²) in [5, 5.41) is 11.1. The quantitative estimate of drug-likeness (QED) is 0.132. The summed E-state index contributed by atoms with van der Waals surface area (Å²) in [5.41, 5.74) is 2.29. The predicted molar refractivity (Wildman–Crippen MR) is 135 cm³/mol. The number of terminal acetylenes is 1. The van der Waals surface area contributed by atoms with E-state index >= 15 is 0 Å². The Morgan fingerprint density at radius 3 is 2.38 bits per heavy atom. The van der Waals surface area contributed by atoms with Crippen molar-refractivity contribution in [3.05, 3.63) is 42.0 Å². The lowest BCUT2D eigenvalue weighted by molar-refractivity contribution is 0.324. The molecule has 0 aliphatic carbocycles. The van der Waals surface area contributed by atoms with Gasteiger partial charge < -0.3 is 14.2 Å². The summed E-state index contributed by atoms with van der Waals surface area (Å²) in [5.74, 6) is 4.34. The summed E-state index contributed by atoms with van der Waals surface area (Å²) in [4.78, 5) is 14.0. The zero-order valence-corrected chi connectivity index (χ0v) is 20.9. The number of hydrogen-bond donors (Lipinski definition) is 0. The molecular weight excluding hydrogens is 488 g/mol. The second kappa shape index (κ2) is 10.7. The molecule has 2 aromatic carbocycles. The van der Waals surface area contributed by atoms with E-state index in [1.165, 1.54) is 44.9 Å². The van der Waals surface area contributed by atoms with Crippen LogP contribution in [0.25, 0.3) is 21.5 Å². The summed E-state index contributed by atoms with van der Waals surface area (Å²) >= 11 is 4.19. The maximum absolute atomic E-state index is 10.1. The lowest BCUT2D eigenvalue weighted by Gasteiger charge is -2.15. The molecule has 0 bridgehead atoms. The molecule has 0 N–H and O–H groups in total. The summed E-state index contributed by atoms with van der Waals surface area (Å²) in [7, 11) is 4.61. The number of aromatic nitrogens is 3. The van der Waals surface area contributed by atoms with Gasteiger partial charge in [0.1, 0.15) is 16.7 Å². The zero-order valence-electron chi connectivity index (χ0n) is 18.5. The molecule has 34 heavy (non-hydrogen) atoms. The van der Waals surface area contributed by atoms with Crippen LogP contribution in [0.15, 0.2) is 50.9 Å². The van der Waals surface area contributed by atoms with E-state index in [2.05, 4.69) is 26.9 Å². The molecule has 0 saturated carbocycles. The van der Waals surface area contributed by atoms with Crippen molar-refractivity contribution in [2.75, 3.05) is 27.1 Å². The molecule has 2 aromatic heterocycles. The average molecular weight is 507 g/mol. The first-order valence-corrected chi connectivity index (χ1v) is 12.5. The van der Waals surface area contributed by atoms with Gasteiger partial charge in [0.25, 0.3) is 0 Å². The zero-order chi connectivity index (χ0) is 24.1. The first-order chi connectivity index (χ1) is 16.6. The second-order valence-corrected chi connectivity index (χ2v) is 9.81.